The second-order valence-corrected chi connectivity index (χ2v) is 8.83. The van der Waals surface area contributed by atoms with Crippen LogP contribution in [0.15, 0.2) is 65.2 Å². The van der Waals surface area contributed by atoms with Crippen molar-refractivity contribution in [3.8, 4) is 6.07 Å². The van der Waals surface area contributed by atoms with E-state index in [0.717, 1.165) is 11.1 Å². The van der Waals surface area contributed by atoms with Crippen molar-refractivity contribution in [2.24, 2.45) is 0 Å². The van der Waals surface area contributed by atoms with Gasteiger partial charge in [-0.2, -0.15) is 5.26 Å². The number of ether oxygens (including phenoxy) is 1. The van der Waals surface area contributed by atoms with Crippen LogP contribution >= 0.6 is 11.8 Å². The molecule has 8 heteroatoms. The van der Waals surface area contributed by atoms with Gasteiger partial charge in [0.1, 0.15) is 16.7 Å². The third-order valence-corrected chi connectivity index (χ3v) is 6.60. The largest absolute Gasteiger partial charge is 0.379 e. The molecule has 2 aromatic rings. The molecule has 7 nitrogen and oxygen atoms in total. The summed E-state index contributed by atoms with van der Waals surface area (Å²) >= 11 is 1.27. The molecule has 2 fully saturated rings. The number of amides is 2. The van der Waals surface area contributed by atoms with Crippen molar-refractivity contribution >= 4 is 29.3 Å². The van der Waals surface area contributed by atoms with Gasteiger partial charge >= 0.3 is 0 Å². The van der Waals surface area contributed by atoms with Crippen LogP contribution in [0.3, 0.4) is 0 Å². The molecule has 0 aliphatic carbocycles. The standard InChI is InChI=1S/C24H24N4O3S/c1-17-7-9-18(10-8-17)15-21-23(30)28(19-5-3-2-4-6-19)24(32-21)20(16-25)22(29)26-27-11-13-31-14-12-27/h2-10,21H,11-15H2,1H3,(H,26,29)/b24-20+/t21-/m0/s1. The van der Waals surface area contributed by atoms with E-state index in [1.807, 2.05) is 67.6 Å². The highest BCUT2D eigenvalue weighted by Gasteiger charge is 2.41. The van der Waals surface area contributed by atoms with Crippen LogP contribution in [0, 0.1) is 18.3 Å². The summed E-state index contributed by atoms with van der Waals surface area (Å²) in [6.07, 6.45) is 0.514. The third kappa shape index (κ3) is 4.86. The summed E-state index contributed by atoms with van der Waals surface area (Å²) in [6.45, 7) is 4.14. The number of nitrogens with zero attached hydrogens (tertiary/aromatic N) is 3. The lowest BCUT2D eigenvalue weighted by Gasteiger charge is -2.27. The molecule has 1 atom stereocenters. The fraction of sp³-hybridized carbons (Fsp3) is 0.292. The van der Waals surface area contributed by atoms with Crippen LogP contribution in [0.2, 0.25) is 0 Å². The molecule has 32 heavy (non-hydrogen) atoms. The number of thioether (sulfide) groups is 1. The van der Waals surface area contributed by atoms with E-state index >= 15 is 0 Å². The molecule has 2 amide bonds. The molecule has 2 aliphatic rings. The van der Waals surface area contributed by atoms with Gasteiger partial charge < -0.3 is 4.74 Å². The molecule has 0 bridgehead atoms. The predicted octanol–water partition coefficient (Wildman–Crippen LogP) is 2.78. The maximum atomic E-state index is 13.4. The number of benzene rings is 2. The summed E-state index contributed by atoms with van der Waals surface area (Å²) in [5.74, 6) is -0.648. The van der Waals surface area contributed by atoms with Gasteiger partial charge in [-0.15, -0.1) is 0 Å². The molecule has 2 saturated heterocycles. The molecule has 0 saturated carbocycles. The summed E-state index contributed by atoms with van der Waals surface area (Å²) in [5, 5.41) is 11.6. The first-order valence-corrected chi connectivity index (χ1v) is 11.3. The SMILES string of the molecule is Cc1ccc(C[C@@H]2S/C(=C(\C#N)C(=O)NN3CCOCC3)N(c3ccccc3)C2=O)cc1. The maximum Gasteiger partial charge on any atom is 0.278 e. The number of carbonyl (C=O) groups excluding carboxylic acids is 2. The Hall–Kier alpha value is -3.12. The van der Waals surface area contributed by atoms with Gasteiger partial charge in [0.05, 0.1) is 18.5 Å². The minimum atomic E-state index is -0.512. The number of nitrogens with one attached hydrogen (secondary N) is 1. The number of para-hydroxylation sites is 1. The number of hydrogen-bond donors (Lipinski definition) is 1. The van der Waals surface area contributed by atoms with Crippen LogP contribution in [0.25, 0.3) is 0 Å². The van der Waals surface area contributed by atoms with Gasteiger partial charge in [-0.05, 0) is 31.0 Å². The Morgan fingerprint density at radius 1 is 1.16 bits per heavy atom. The van der Waals surface area contributed by atoms with Gasteiger partial charge in [-0.3, -0.25) is 19.9 Å². The molecule has 0 aromatic heterocycles. The quantitative estimate of drug-likeness (QED) is 0.559. The molecule has 0 radical (unpaired) electrons. The summed E-state index contributed by atoms with van der Waals surface area (Å²) < 4.78 is 5.31. The van der Waals surface area contributed by atoms with Gasteiger partial charge in [0, 0.05) is 18.8 Å². The average Bonchev–Trinajstić information content (AvgIpc) is 3.12. The Labute approximate surface area is 191 Å². The van der Waals surface area contributed by atoms with Crippen LogP contribution in [-0.2, 0) is 20.7 Å². The zero-order chi connectivity index (χ0) is 22.5. The van der Waals surface area contributed by atoms with Gasteiger partial charge in [0.2, 0.25) is 5.91 Å². The average molecular weight is 449 g/mol. The van der Waals surface area contributed by atoms with E-state index in [9.17, 15) is 14.9 Å². The lowest BCUT2D eigenvalue weighted by Crippen LogP contribution is -2.49. The van der Waals surface area contributed by atoms with Crippen molar-refractivity contribution < 1.29 is 14.3 Å². The first kappa shape index (κ1) is 22.1. The van der Waals surface area contributed by atoms with E-state index in [2.05, 4.69) is 5.43 Å². The van der Waals surface area contributed by atoms with Gasteiger partial charge in [-0.25, -0.2) is 5.01 Å². The number of rotatable bonds is 5. The molecule has 4 rings (SSSR count). The fourth-order valence-electron chi connectivity index (χ4n) is 3.61. The van der Waals surface area contributed by atoms with Crippen LogP contribution < -0.4 is 10.3 Å². The lowest BCUT2D eigenvalue weighted by molar-refractivity contribution is -0.123. The molecule has 1 N–H and O–H groups in total. The smallest absolute Gasteiger partial charge is 0.278 e. The zero-order valence-corrected chi connectivity index (χ0v) is 18.6. The number of hydrogen-bond acceptors (Lipinski definition) is 6. The second-order valence-electron chi connectivity index (χ2n) is 7.64. The van der Waals surface area contributed by atoms with Gasteiger partial charge in [0.25, 0.3) is 5.91 Å². The Balaban J connectivity index is 1.66. The Bertz CT molecular complexity index is 1060. The van der Waals surface area contributed by atoms with Crippen molar-refractivity contribution in [3.05, 3.63) is 76.3 Å². The third-order valence-electron chi connectivity index (χ3n) is 5.33. The van der Waals surface area contributed by atoms with E-state index in [4.69, 9.17) is 4.74 Å². The summed E-state index contributed by atoms with van der Waals surface area (Å²) in [4.78, 5) is 27.9. The molecule has 2 heterocycles. The van der Waals surface area contributed by atoms with Gasteiger partial charge in [-0.1, -0.05) is 59.8 Å². The van der Waals surface area contributed by atoms with E-state index in [-0.39, 0.29) is 11.5 Å². The minimum Gasteiger partial charge on any atom is -0.379 e. The Kier molecular flexibility index (Phi) is 6.90. The monoisotopic (exact) mass is 448 g/mol. The number of anilines is 1. The highest BCUT2D eigenvalue weighted by atomic mass is 32.2. The molecule has 164 valence electrons. The molecular formula is C24H24N4O3S. The summed E-state index contributed by atoms with van der Waals surface area (Å²) in [7, 11) is 0. The number of carbonyl (C=O) groups is 2. The van der Waals surface area contributed by atoms with E-state index < -0.39 is 11.2 Å². The Morgan fingerprint density at radius 2 is 1.84 bits per heavy atom. The number of morpholine rings is 1. The molecule has 0 spiro atoms. The summed E-state index contributed by atoms with van der Waals surface area (Å²) in [5.41, 5.74) is 5.54. The van der Waals surface area contributed by atoms with Crippen molar-refractivity contribution in [1.29, 1.82) is 5.26 Å². The highest BCUT2D eigenvalue weighted by Crippen LogP contribution is 2.41. The van der Waals surface area contributed by atoms with Crippen molar-refractivity contribution in [1.82, 2.24) is 10.4 Å². The van der Waals surface area contributed by atoms with E-state index in [1.165, 1.54) is 16.7 Å². The zero-order valence-electron chi connectivity index (χ0n) is 17.8. The molecular weight excluding hydrogens is 424 g/mol. The first-order chi connectivity index (χ1) is 15.6. The van der Waals surface area contributed by atoms with Crippen molar-refractivity contribution in [2.45, 2.75) is 18.6 Å². The van der Waals surface area contributed by atoms with Crippen LogP contribution in [0.1, 0.15) is 11.1 Å². The van der Waals surface area contributed by atoms with Crippen LogP contribution in [-0.4, -0.2) is 48.4 Å². The number of hydrazine groups is 1. The summed E-state index contributed by atoms with van der Waals surface area (Å²) in [6, 6.07) is 19.2. The number of nitriles is 1. The molecule has 2 aliphatic heterocycles. The van der Waals surface area contributed by atoms with E-state index in [0.29, 0.717) is 43.4 Å². The van der Waals surface area contributed by atoms with E-state index in [1.54, 1.807) is 5.01 Å². The molecule has 0 unspecified atom stereocenters. The topological polar surface area (TPSA) is 85.7 Å². The van der Waals surface area contributed by atoms with Crippen LogP contribution in [0.5, 0.6) is 0 Å². The fourth-order valence-corrected chi connectivity index (χ4v) is 4.92. The normalized spacial score (nSPS) is 20.7. The van der Waals surface area contributed by atoms with Crippen molar-refractivity contribution in [3.63, 3.8) is 0 Å². The van der Waals surface area contributed by atoms with Gasteiger partial charge in [0.15, 0.2) is 0 Å². The second kappa shape index (κ2) is 10.0. The minimum absolute atomic E-state index is 0.0647. The predicted molar refractivity (Wildman–Crippen MR) is 123 cm³/mol. The van der Waals surface area contributed by atoms with Crippen LogP contribution in [0.4, 0.5) is 5.69 Å². The van der Waals surface area contributed by atoms with Crippen molar-refractivity contribution in [2.75, 3.05) is 31.2 Å². The Morgan fingerprint density at radius 3 is 2.50 bits per heavy atom. The maximum absolute atomic E-state index is 13.4. The number of aryl methyl sites for hydroxylation is 1. The first-order valence-electron chi connectivity index (χ1n) is 10.5. The lowest BCUT2D eigenvalue weighted by atomic mass is 10.1. The molecule has 2 aromatic carbocycles. The highest BCUT2D eigenvalue weighted by molar-refractivity contribution is 8.05.